The minimum Gasteiger partial charge on any atom is -0.389 e. The Kier molecular flexibility index (Phi) is 3.34. The molecule has 0 saturated heterocycles. The first-order chi connectivity index (χ1) is 7.43. The van der Waals surface area contributed by atoms with Crippen molar-refractivity contribution in [2.45, 2.75) is 13.8 Å². The summed E-state index contributed by atoms with van der Waals surface area (Å²) in [6, 6.07) is 4.17. The highest BCUT2D eigenvalue weighted by Crippen LogP contribution is 2.22. The fourth-order valence-corrected chi connectivity index (χ4v) is 1.25. The summed E-state index contributed by atoms with van der Waals surface area (Å²) in [5.41, 5.74) is -0.172. The van der Waals surface area contributed by atoms with Gasteiger partial charge in [-0.15, -0.1) is 0 Å². The van der Waals surface area contributed by atoms with Crippen LogP contribution < -0.4 is 0 Å². The van der Waals surface area contributed by atoms with E-state index in [4.69, 9.17) is 0 Å². The van der Waals surface area contributed by atoms with Gasteiger partial charge in [-0.2, -0.15) is 0 Å². The summed E-state index contributed by atoms with van der Waals surface area (Å²) in [5.74, 6) is -1.81. The average molecular weight is 223 g/mol. The molecule has 0 aliphatic heterocycles. The Morgan fingerprint density at radius 1 is 1.38 bits per heavy atom. The van der Waals surface area contributed by atoms with Gasteiger partial charge in [0.2, 0.25) is 0 Å². The van der Waals surface area contributed by atoms with Crippen LogP contribution in [0, 0.1) is 17.0 Å². The van der Waals surface area contributed by atoms with Crippen molar-refractivity contribution < 1.29 is 19.2 Å². The monoisotopic (exact) mass is 223 g/mol. The molecule has 0 heterocycles. The number of benzene rings is 1. The molecule has 0 amide bonds. The van der Waals surface area contributed by atoms with E-state index < -0.39 is 16.9 Å². The third-order valence-corrected chi connectivity index (χ3v) is 1.89. The molecule has 0 N–H and O–H groups in total. The van der Waals surface area contributed by atoms with Crippen LogP contribution in [0.15, 0.2) is 18.2 Å². The van der Waals surface area contributed by atoms with Crippen molar-refractivity contribution in [2.75, 3.05) is 0 Å². The van der Waals surface area contributed by atoms with Crippen molar-refractivity contribution in [1.29, 1.82) is 0 Å². The van der Waals surface area contributed by atoms with Gasteiger partial charge in [0.1, 0.15) is 5.56 Å². The number of esters is 2. The first-order valence-corrected chi connectivity index (χ1v) is 4.40. The summed E-state index contributed by atoms with van der Waals surface area (Å²) in [6.45, 7) is 2.59. The molecule has 1 rings (SSSR count). The Balaban J connectivity index is 3.25. The van der Waals surface area contributed by atoms with E-state index in [1.54, 1.807) is 0 Å². The molecule has 1 aromatic rings. The topological polar surface area (TPSA) is 86.5 Å². The molecule has 0 atom stereocenters. The number of carbonyl (C=O) groups is 2. The molecule has 0 aliphatic carbocycles. The lowest BCUT2D eigenvalue weighted by molar-refractivity contribution is -0.385. The van der Waals surface area contributed by atoms with E-state index in [0.717, 1.165) is 6.92 Å². The summed E-state index contributed by atoms with van der Waals surface area (Å²) in [6.07, 6.45) is 0. The van der Waals surface area contributed by atoms with Crippen LogP contribution in [0.4, 0.5) is 5.69 Å². The van der Waals surface area contributed by atoms with Gasteiger partial charge in [-0.25, -0.2) is 4.79 Å². The van der Waals surface area contributed by atoms with Crippen LogP contribution in [0.2, 0.25) is 0 Å². The fourth-order valence-electron chi connectivity index (χ4n) is 1.25. The largest absolute Gasteiger partial charge is 0.389 e. The molecular weight excluding hydrogens is 214 g/mol. The minimum absolute atomic E-state index is 0.192. The highest BCUT2D eigenvalue weighted by atomic mass is 16.6. The van der Waals surface area contributed by atoms with Crippen molar-refractivity contribution in [2.24, 2.45) is 0 Å². The number of nitrogens with zero attached hydrogens (tertiary/aromatic N) is 1. The highest BCUT2D eigenvalue weighted by Gasteiger charge is 2.24. The van der Waals surface area contributed by atoms with Gasteiger partial charge in [0.05, 0.1) is 4.92 Å². The van der Waals surface area contributed by atoms with E-state index in [-0.39, 0.29) is 11.3 Å². The van der Waals surface area contributed by atoms with Crippen LogP contribution in [-0.4, -0.2) is 16.9 Å². The van der Waals surface area contributed by atoms with Gasteiger partial charge in [0.25, 0.3) is 5.69 Å². The molecule has 0 bridgehead atoms. The van der Waals surface area contributed by atoms with E-state index in [0.29, 0.717) is 5.56 Å². The normalized spacial score (nSPS) is 9.62. The van der Waals surface area contributed by atoms with E-state index in [2.05, 4.69) is 4.74 Å². The average Bonchev–Trinajstić information content (AvgIpc) is 2.15. The molecule has 0 radical (unpaired) electrons. The number of rotatable bonds is 2. The second-order valence-electron chi connectivity index (χ2n) is 3.11. The van der Waals surface area contributed by atoms with E-state index in [9.17, 15) is 19.7 Å². The predicted octanol–water partition coefficient (Wildman–Crippen LogP) is 1.61. The molecule has 0 spiro atoms. The maximum Gasteiger partial charge on any atom is 0.353 e. The van der Waals surface area contributed by atoms with Crippen LogP contribution in [0.5, 0.6) is 0 Å². The fraction of sp³-hybridized carbons (Fsp3) is 0.200. The Bertz CT molecular complexity index is 466. The number of ether oxygens (including phenoxy) is 1. The zero-order valence-electron chi connectivity index (χ0n) is 8.72. The molecule has 0 aliphatic rings. The molecule has 16 heavy (non-hydrogen) atoms. The zero-order chi connectivity index (χ0) is 12.3. The standard InChI is InChI=1S/C10H9NO5/c1-6-4-3-5-8(11(14)15)9(6)10(13)16-7(2)12/h3-5H,1-2H3. The lowest BCUT2D eigenvalue weighted by atomic mass is 10.1. The van der Waals surface area contributed by atoms with E-state index in [1.807, 2.05) is 0 Å². The van der Waals surface area contributed by atoms with Crippen LogP contribution >= 0.6 is 0 Å². The molecular formula is C10H9NO5. The molecule has 0 aromatic heterocycles. The van der Waals surface area contributed by atoms with E-state index in [1.165, 1.54) is 25.1 Å². The predicted molar refractivity (Wildman–Crippen MR) is 53.9 cm³/mol. The molecule has 6 nitrogen and oxygen atoms in total. The Morgan fingerprint density at radius 3 is 2.50 bits per heavy atom. The lowest BCUT2D eigenvalue weighted by Crippen LogP contribution is -2.13. The number of aryl methyl sites for hydroxylation is 1. The number of hydrogen-bond acceptors (Lipinski definition) is 5. The quantitative estimate of drug-likeness (QED) is 0.329. The van der Waals surface area contributed by atoms with Gasteiger partial charge in [0.15, 0.2) is 0 Å². The molecule has 84 valence electrons. The molecule has 6 heteroatoms. The summed E-state index contributed by atoms with van der Waals surface area (Å²) in [5, 5.41) is 10.7. The van der Waals surface area contributed by atoms with Crippen LogP contribution in [0.25, 0.3) is 0 Å². The Labute approximate surface area is 91.0 Å². The third-order valence-electron chi connectivity index (χ3n) is 1.89. The maximum atomic E-state index is 11.5. The first kappa shape index (κ1) is 11.8. The van der Waals surface area contributed by atoms with Crippen LogP contribution in [-0.2, 0) is 9.53 Å². The summed E-state index contributed by atoms with van der Waals surface area (Å²) in [4.78, 5) is 32.0. The third kappa shape index (κ3) is 2.41. The van der Waals surface area contributed by atoms with Gasteiger partial charge in [-0.1, -0.05) is 12.1 Å². The zero-order valence-corrected chi connectivity index (χ0v) is 8.72. The second-order valence-corrected chi connectivity index (χ2v) is 3.11. The van der Waals surface area contributed by atoms with Crippen LogP contribution in [0.1, 0.15) is 22.8 Å². The van der Waals surface area contributed by atoms with Crippen molar-refractivity contribution in [3.8, 4) is 0 Å². The summed E-state index contributed by atoms with van der Waals surface area (Å²) in [7, 11) is 0. The van der Waals surface area contributed by atoms with Crippen molar-refractivity contribution in [3.05, 3.63) is 39.4 Å². The smallest absolute Gasteiger partial charge is 0.353 e. The number of nitro groups is 1. The number of nitro benzene ring substituents is 1. The summed E-state index contributed by atoms with van der Waals surface area (Å²) < 4.78 is 4.33. The van der Waals surface area contributed by atoms with Crippen LogP contribution in [0.3, 0.4) is 0 Å². The van der Waals surface area contributed by atoms with Gasteiger partial charge in [0, 0.05) is 13.0 Å². The Morgan fingerprint density at radius 2 is 2.00 bits per heavy atom. The van der Waals surface area contributed by atoms with Gasteiger partial charge in [-0.05, 0) is 12.5 Å². The number of hydrogen-bond donors (Lipinski definition) is 0. The molecule has 0 unspecified atom stereocenters. The van der Waals surface area contributed by atoms with Crippen molar-refractivity contribution in [1.82, 2.24) is 0 Å². The Hall–Kier alpha value is -2.24. The van der Waals surface area contributed by atoms with Gasteiger partial charge in [-0.3, -0.25) is 14.9 Å². The molecule has 0 fully saturated rings. The van der Waals surface area contributed by atoms with Gasteiger partial charge >= 0.3 is 11.9 Å². The van der Waals surface area contributed by atoms with Crippen molar-refractivity contribution in [3.63, 3.8) is 0 Å². The molecule has 0 saturated carbocycles. The minimum atomic E-state index is -1.00. The number of carbonyl (C=O) groups excluding carboxylic acids is 2. The van der Waals surface area contributed by atoms with E-state index >= 15 is 0 Å². The first-order valence-electron chi connectivity index (χ1n) is 4.40. The maximum absolute atomic E-state index is 11.5. The molecule has 1 aromatic carbocycles. The second kappa shape index (κ2) is 4.52. The highest BCUT2D eigenvalue weighted by molar-refractivity contribution is 6.00. The van der Waals surface area contributed by atoms with Crippen molar-refractivity contribution >= 4 is 17.6 Å². The lowest BCUT2D eigenvalue weighted by Gasteiger charge is -2.04. The summed E-state index contributed by atoms with van der Waals surface area (Å²) >= 11 is 0. The SMILES string of the molecule is CC(=O)OC(=O)c1c(C)cccc1[N+](=O)[O-]. The van der Waals surface area contributed by atoms with Gasteiger partial charge < -0.3 is 4.74 Å².